The van der Waals surface area contributed by atoms with Crippen LogP contribution in [0.2, 0.25) is 0 Å². The van der Waals surface area contributed by atoms with Crippen LogP contribution in [0.3, 0.4) is 0 Å². The number of halogens is 1. The van der Waals surface area contributed by atoms with Crippen LogP contribution in [0, 0.1) is 10.5 Å². The fourth-order valence-corrected chi connectivity index (χ4v) is 2.57. The molecular weight excluding hydrogens is 385 g/mol. The summed E-state index contributed by atoms with van der Waals surface area (Å²) in [5.74, 6) is -0.153. The molecule has 1 aromatic heterocycles. The fourth-order valence-electron chi connectivity index (χ4n) is 1.60. The molecular formula is C14H14IN3OS. The summed E-state index contributed by atoms with van der Waals surface area (Å²) in [4.78, 5) is 16.0. The third kappa shape index (κ3) is 4.38. The van der Waals surface area contributed by atoms with Gasteiger partial charge in [0.15, 0.2) is 0 Å². The standard InChI is InChI=1S/C14H14IN3OS/c1-9(11-3-5-12(15)6-4-11)17-18-14(19)7-13-8-20-10(2)16-13/h3-6,8H,7H2,1-2H3,(H,18,19)/b17-9-. The van der Waals surface area contributed by atoms with Gasteiger partial charge in [-0.15, -0.1) is 11.3 Å². The molecule has 1 heterocycles. The van der Waals surface area contributed by atoms with Gasteiger partial charge in [0.1, 0.15) is 0 Å². The zero-order chi connectivity index (χ0) is 14.5. The highest BCUT2D eigenvalue weighted by Gasteiger charge is 2.06. The van der Waals surface area contributed by atoms with Gasteiger partial charge >= 0.3 is 0 Å². The van der Waals surface area contributed by atoms with E-state index in [1.165, 1.54) is 3.57 Å². The summed E-state index contributed by atoms with van der Waals surface area (Å²) in [6.45, 7) is 3.79. The monoisotopic (exact) mass is 399 g/mol. The summed E-state index contributed by atoms with van der Waals surface area (Å²) in [6, 6.07) is 7.98. The van der Waals surface area contributed by atoms with Crippen LogP contribution in [0.1, 0.15) is 23.2 Å². The Kier molecular flexibility index (Phi) is 5.24. The van der Waals surface area contributed by atoms with E-state index in [1.807, 2.05) is 43.5 Å². The Morgan fingerprint density at radius 2 is 2.10 bits per heavy atom. The minimum absolute atomic E-state index is 0.153. The molecule has 0 aliphatic rings. The molecule has 6 heteroatoms. The second-order valence-corrected chi connectivity index (χ2v) is 6.58. The molecule has 2 rings (SSSR count). The molecule has 0 spiro atoms. The molecule has 2 aromatic rings. The van der Waals surface area contributed by atoms with E-state index in [-0.39, 0.29) is 12.3 Å². The maximum absolute atomic E-state index is 11.8. The summed E-state index contributed by atoms with van der Waals surface area (Å²) in [5, 5.41) is 6.97. The Morgan fingerprint density at radius 3 is 2.70 bits per heavy atom. The lowest BCUT2D eigenvalue weighted by Crippen LogP contribution is -2.21. The van der Waals surface area contributed by atoms with Gasteiger partial charge < -0.3 is 0 Å². The van der Waals surface area contributed by atoms with Gasteiger partial charge in [0.2, 0.25) is 5.91 Å². The Morgan fingerprint density at radius 1 is 1.40 bits per heavy atom. The molecule has 0 aliphatic carbocycles. The normalized spacial score (nSPS) is 11.4. The molecule has 104 valence electrons. The maximum Gasteiger partial charge on any atom is 0.246 e. The summed E-state index contributed by atoms with van der Waals surface area (Å²) >= 11 is 3.79. The zero-order valence-electron chi connectivity index (χ0n) is 11.2. The molecule has 0 unspecified atom stereocenters. The molecule has 0 saturated heterocycles. The van der Waals surface area contributed by atoms with E-state index in [1.54, 1.807) is 11.3 Å². The fraction of sp³-hybridized carbons (Fsp3) is 0.214. The number of aromatic nitrogens is 1. The Balaban J connectivity index is 1.94. The first-order valence-corrected chi connectivity index (χ1v) is 8.00. The van der Waals surface area contributed by atoms with E-state index in [4.69, 9.17) is 0 Å². The predicted molar refractivity (Wildman–Crippen MR) is 90.1 cm³/mol. The highest BCUT2D eigenvalue weighted by Crippen LogP contribution is 2.09. The van der Waals surface area contributed by atoms with Gasteiger partial charge in [0.05, 0.1) is 22.8 Å². The van der Waals surface area contributed by atoms with Crippen LogP contribution in [-0.2, 0) is 11.2 Å². The molecule has 20 heavy (non-hydrogen) atoms. The second kappa shape index (κ2) is 6.94. The number of thiazole rings is 1. The van der Waals surface area contributed by atoms with Crippen molar-refractivity contribution in [1.29, 1.82) is 0 Å². The number of amides is 1. The van der Waals surface area contributed by atoms with Crippen LogP contribution >= 0.6 is 33.9 Å². The molecule has 0 radical (unpaired) electrons. The first-order chi connectivity index (χ1) is 9.54. The topological polar surface area (TPSA) is 54.4 Å². The highest BCUT2D eigenvalue weighted by molar-refractivity contribution is 14.1. The molecule has 1 N–H and O–H groups in total. The lowest BCUT2D eigenvalue weighted by atomic mass is 10.1. The second-order valence-electron chi connectivity index (χ2n) is 4.27. The molecule has 0 fully saturated rings. The molecule has 0 bridgehead atoms. The third-order valence-corrected chi connectivity index (χ3v) is 4.16. The molecule has 1 amide bonds. The van der Waals surface area contributed by atoms with Gasteiger partial charge in [-0.25, -0.2) is 10.4 Å². The number of hydrogen-bond donors (Lipinski definition) is 1. The molecule has 0 atom stereocenters. The minimum atomic E-state index is -0.153. The van der Waals surface area contributed by atoms with Crippen molar-refractivity contribution in [2.45, 2.75) is 20.3 Å². The maximum atomic E-state index is 11.8. The number of hydrogen-bond acceptors (Lipinski definition) is 4. The van der Waals surface area contributed by atoms with Gasteiger partial charge in [-0.05, 0) is 54.1 Å². The van der Waals surface area contributed by atoms with Gasteiger partial charge in [-0.3, -0.25) is 4.79 Å². The van der Waals surface area contributed by atoms with Crippen molar-refractivity contribution in [3.05, 3.63) is 49.5 Å². The number of hydrazone groups is 1. The van der Waals surface area contributed by atoms with Crippen molar-refractivity contribution >= 4 is 45.5 Å². The number of benzene rings is 1. The number of carbonyl (C=O) groups is 1. The number of aryl methyl sites for hydroxylation is 1. The average molecular weight is 399 g/mol. The highest BCUT2D eigenvalue weighted by atomic mass is 127. The van der Waals surface area contributed by atoms with Crippen LogP contribution in [0.25, 0.3) is 0 Å². The zero-order valence-corrected chi connectivity index (χ0v) is 14.2. The molecule has 0 saturated carbocycles. The number of carbonyl (C=O) groups excluding carboxylic acids is 1. The SMILES string of the molecule is C/C(=N/NC(=O)Cc1csc(C)n1)c1ccc(I)cc1. The van der Waals surface area contributed by atoms with Gasteiger partial charge in [0.25, 0.3) is 0 Å². The summed E-state index contributed by atoms with van der Waals surface area (Å²) < 4.78 is 1.17. The molecule has 4 nitrogen and oxygen atoms in total. The van der Waals surface area contributed by atoms with Crippen molar-refractivity contribution in [2.75, 3.05) is 0 Å². The predicted octanol–water partition coefficient (Wildman–Crippen LogP) is 3.14. The number of nitrogens with zero attached hydrogens (tertiary/aromatic N) is 2. The van der Waals surface area contributed by atoms with Crippen molar-refractivity contribution < 1.29 is 4.79 Å². The summed E-state index contributed by atoms with van der Waals surface area (Å²) in [5.41, 5.74) is 5.13. The van der Waals surface area contributed by atoms with E-state index in [0.717, 1.165) is 22.0 Å². The number of rotatable bonds is 4. The lowest BCUT2D eigenvalue weighted by Gasteiger charge is -2.02. The summed E-state index contributed by atoms with van der Waals surface area (Å²) in [7, 11) is 0. The van der Waals surface area contributed by atoms with Gasteiger partial charge in [-0.2, -0.15) is 5.10 Å². The largest absolute Gasteiger partial charge is 0.273 e. The first-order valence-electron chi connectivity index (χ1n) is 6.04. The van der Waals surface area contributed by atoms with E-state index in [9.17, 15) is 4.79 Å². The van der Waals surface area contributed by atoms with Crippen molar-refractivity contribution in [1.82, 2.24) is 10.4 Å². The van der Waals surface area contributed by atoms with Crippen LogP contribution in [0.4, 0.5) is 0 Å². The minimum Gasteiger partial charge on any atom is -0.273 e. The van der Waals surface area contributed by atoms with E-state index >= 15 is 0 Å². The lowest BCUT2D eigenvalue weighted by molar-refractivity contribution is -0.120. The quantitative estimate of drug-likeness (QED) is 0.488. The average Bonchev–Trinajstić information content (AvgIpc) is 2.82. The van der Waals surface area contributed by atoms with Crippen LogP contribution in [0.5, 0.6) is 0 Å². The Hall–Kier alpha value is -1.28. The van der Waals surface area contributed by atoms with E-state index in [2.05, 4.69) is 38.1 Å². The first kappa shape index (κ1) is 15.1. The smallest absolute Gasteiger partial charge is 0.246 e. The van der Waals surface area contributed by atoms with E-state index in [0.29, 0.717) is 0 Å². The Labute approximate surface area is 135 Å². The van der Waals surface area contributed by atoms with Gasteiger partial charge in [0, 0.05) is 8.95 Å². The Bertz CT molecular complexity index is 634. The van der Waals surface area contributed by atoms with Crippen molar-refractivity contribution in [2.24, 2.45) is 5.10 Å². The molecule has 1 aromatic carbocycles. The van der Waals surface area contributed by atoms with Crippen molar-refractivity contribution in [3.63, 3.8) is 0 Å². The van der Waals surface area contributed by atoms with Gasteiger partial charge in [-0.1, -0.05) is 12.1 Å². The van der Waals surface area contributed by atoms with Crippen LogP contribution < -0.4 is 5.43 Å². The molecule has 0 aliphatic heterocycles. The van der Waals surface area contributed by atoms with E-state index < -0.39 is 0 Å². The van der Waals surface area contributed by atoms with Crippen molar-refractivity contribution in [3.8, 4) is 0 Å². The van der Waals surface area contributed by atoms with Crippen LogP contribution in [0.15, 0.2) is 34.7 Å². The summed E-state index contributed by atoms with van der Waals surface area (Å²) in [6.07, 6.45) is 0.258. The van der Waals surface area contributed by atoms with Crippen LogP contribution in [-0.4, -0.2) is 16.6 Å². The number of nitrogens with one attached hydrogen (secondary N) is 1. The third-order valence-electron chi connectivity index (χ3n) is 2.62.